The van der Waals surface area contributed by atoms with Crippen molar-refractivity contribution in [2.45, 2.75) is 43.5 Å². The number of hydrogen-bond donors (Lipinski definition) is 1. The van der Waals surface area contributed by atoms with Crippen LogP contribution in [-0.4, -0.2) is 39.0 Å². The van der Waals surface area contributed by atoms with E-state index < -0.39 is 10.0 Å². The lowest BCUT2D eigenvalue weighted by Crippen LogP contribution is -2.40. The fourth-order valence-corrected chi connectivity index (χ4v) is 5.30. The molecule has 2 saturated carbocycles. The molecule has 1 aromatic rings. The molecule has 2 aliphatic carbocycles. The Morgan fingerprint density at radius 2 is 1.92 bits per heavy atom. The van der Waals surface area contributed by atoms with Gasteiger partial charge in [-0.25, -0.2) is 8.42 Å². The van der Waals surface area contributed by atoms with Gasteiger partial charge >= 0.3 is 0 Å². The Balaban J connectivity index is 1.65. The predicted octanol–water partition coefficient (Wildman–Crippen LogP) is 2.42. The number of hydroxylamine groups is 1. The molecular weight excluding hydrogens is 340 g/mol. The molecular formula is C18H26N2O4S. The highest BCUT2D eigenvalue weighted by Gasteiger charge is 2.42. The van der Waals surface area contributed by atoms with Crippen molar-refractivity contribution in [1.82, 2.24) is 9.79 Å². The lowest BCUT2D eigenvalue weighted by Gasteiger charge is -2.28. The normalized spacial score (nSPS) is 26.8. The Morgan fingerprint density at radius 3 is 2.44 bits per heavy atom. The molecule has 3 rings (SSSR count). The standard InChI is InChI=1S/C18H26N2O4S/c1-12(17-11-13-4-5-15(17)10-13)19-18(21)14-6-8-16(9-7-14)25(22,23)20(2)24-3/h6-9,12-13,15,17H,4-5,10-11H2,1-3H3,(H,19,21). The van der Waals surface area contributed by atoms with E-state index in [0.717, 1.165) is 16.3 Å². The summed E-state index contributed by atoms with van der Waals surface area (Å²) in [5.74, 6) is 2.01. The molecule has 0 saturated heterocycles. The van der Waals surface area contributed by atoms with Crippen LogP contribution in [0.5, 0.6) is 0 Å². The van der Waals surface area contributed by atoms with E-state index in [4.69, 9.17) is 4.84 Å². The highest BCUT2D eigenvalue weighted by molar-refractivity contribution is 7.89. The van der Waals surface area contributed by atoms with E-state index in [1.807, 2.05) is 0 Å². The summed E-state index contributed by atoms with van der Waals surface area (Å²) in [7, 11) is -1.08. The number of fused-ring (bicyclic) bond motifs is 2. The smallest absolute Gasteiger partial charge is 0.264 e. The molecule has 2 fully saturated rings. The van der Waals surface area contributed by atoms with Crippen molar-refractivity contribution in [3.63, 3.8) is 0 Å². The van der Waals surface area contributed by atoms with Gasteiger partial charge in [-0.3, -0.25) is 9.63 Å². The summed E-state index contributed by atoms with van der Waals surface area (Å²) in [5.41, 5.74) is 0.467. The highest BCUT2D eigenvalue weighted by Crippen LogP contribution is 2.49. The average Bonchev–Trinajstić information content (AvgIpc) is 3.24. The zero-order valence-electron chi connectivity index (χ0n) is 14.9. The largest absolute Gasteiger partial charge is 0.349 e. The van der Waals surface area contributed by atoms with E-state index in [1.54, 1.807) is 12.1 Å². The number of nitrogens with zero attached hydrogens (tertiary/aromatic N) is 1. The first-order chi connectivity index (χ1) is 11.8. The third-order valence-electron chi connectivity index (χ3n) is 5.80. The molecule has 1 amide bonds. The van der Waals surface area contributed by atoms with Crippen LogP contribution in [0.15, 0.2) is 29.2 Å². The topological polar surface area (TPSA) is 75.7 Å². The molecule has 4 atom stereocenters. The average molecular weight is 366 g/mol. The summed E-state index contributed by atoms with van der Waals surface area (Å²) in [4.78, 5) is 17.3. The van der Waals surface area contributed by atoms with Crippen LogP contribution in [0, 0.1) is 17.8 Å². The zero-order valence-corrected chi connectivity index (χ0v) is 15.8. The van der Waals surface area contributed by atoms with E-state index in [2.05, 4.69) is 12.2 Å². The second kappa shape index (κ2) is 7.05. The maximum absolute atomic E-state index is 12.5. The van der Waals surface area contributed by atoms with E-state index in [0.29, 0.717) is 11.5 Å². The predicted molar refractivity (Wildman–Crippen MR) is 94.3 cm³/mol. The van der Waals surface area contributed by atoms with Gasteiger partial charge in [-0.05, 0) is 68.2 Å². The van der Waals surface area contributed by atoms with Gasteiger partial charge in [-0.2, -0.15) is 0 Å². The van der Waals surface area contributed by atoms with Crippen molar-refractivity contribution in [1.29, 1.82) is 0 Å². The molecule has 2 bridgehead atoms. The molecule has 1 aromatic carbocycles. The number of sulfonamides is 1. The van der Waals surface area contributed by atoms with Gasteiger partial charge in [0.1, 0.15) is 0 Å². The number of nitrogens with one attached hydrogen (secondary N) is 1. The van der Waals surface area contributed by atoms with Gasteiger partial charge in [-0.15, -0.1) is 0 Å². The molecule has 1 N–H and O–H groups in total. The molecule has 6 nitrogen and oxygen atoms in total. The first-order valence-corrected chi connectivity index (χ1v) is 10.2. The van der Waals surface area contributed by atoms with Crippen LogP contribution in [-0.2, 0) is 14.9 Å². The van der Waals surface area contributed by atoms with Crippen molar-refractivity contribution < 1.29 is 18.0 Å². The first kappa shape index (κ1) is 18.4. The number of carbonyl (C=O) groups is 1. The second-order valence-electron chi connectivity index (χ2n) is 7.22. The highest BCUT2D eigenvalue weighted by atomic mass is 32.2. The van der Waals surface area contributed by atoms with Gasteiger partial charge in [0.25, 0.3) is 15.9 Å². The first-order valence-electron chi connectivity index (χ1n) is 8.77. The molecule has 0 aromatic heterocycles. The summed E-state index contributed by atoms with van der Waals surface area (Å²) >= 11 is 0. The minimum atomic E-state index is -3.69. The van der Waals surface area contributed by atoms with Gasteiger partial charge in [0, 0.05) is 18.7 Å². The van der Waals surface area contributed by atoms with E-state index in [-0.39, 0.29) is 16.8 Å². The van der Waals surface area contributed by atoms with Crippen molar-refractivity contribution in [2.24, 2.45) is 17.8 Å². The van der Waals surface area contributed by atoms with E-state index in [1.165, 1.54) is 52.0 Å². The van der Waals surface area contributed by atoms with Crippen molar-refractivity contribution in [2.75, 3.05) is 14.2 Å². The number of amides is 1. The van der Waals surface area contributed by atoms with Gasteiger partial charge in [0.15, 0.2) is 0 Å². The molecule has 0 spiro atoms. The van der Waals surface area contributed by atoms with E-state index >= 15 is 0 Å². The number of carbonyl (C=O) groups excluding carboxylic acids is 1. The van der Waals surface area contributed by atoms with Crippen LogP contribution in [0.25, 0.3) is 0 Å². The van der Waals surface area contributed by atoms with Gasteiger partial charge in [0.2, 0.25) is 0 Å². The summed E-state index contributed by atoms with van der Waals surface area (Å²) in [6, 6.07) is 6.09. The summed E-state index contributed by atoms with van der Waals surface area (Å²) in [5, 5.41) is 3.09. The number of benzene rings is 1. The van der Waals surface area contributed by atoms with Crippen LogP contribution < -0.4 is 5.32 Å². The van der Waals surface area contributed by atoms with E-state index in [9.17, 15) is 13.2 Å². The number of rotatable bonds is 6. The third kappa shape index (κ3) is 3.59. The van der Waals surface area contributed by atoms with Gasteiger partial charge in [0.05, 0.1) is 12.0 Å². The molecule has 4 unspecified atom stereocenters. The third-order valence-corrected chi connectivity index (χ3v) is 7.50. The van der Waals surface area contributed by atoms with Crippen LogP contribution in [0.4, 0.5) is 0 Å². The Hall–Kier alpha value is -1.44. The second-order valence-corrected chi connectivity index (χ2v) is 9.16. The van der Waals surface area contributed by atoms with Crippen molar-refractivity contribution >= 4 is 15.9 Å². The molecule has 7 heteroatoms. The minimum absolute atomic E-state index is 0.0922. The summed E-state index contributed by atoms with van der Waals surface area (Å²) < 4.78 is 25.1. The zero-order chi connectivity index (χ0) is 18.2. The molecule has 138 valence electrons. The fraction of sp³-hybridized carbons (Fsp3) is 0.611. The Labute approximate surface area is 149 Å². The molecule has 25 heavy (non-hydrogen) atoms. The summed E-state index contributed by atoms with van der Waals surface area (Å²) in [6.45, 7) is 2.08. The molecule has 0 radical (unpaired) electrons. The maximum Gasteiger partial charge on any atom is 0.264 e. The van der Waals surface area contributed by atoms with Crippen LogP contribution in [0.2, 0.25) is 0 Å². The van der Waals surface area contributed by atoms with Gasteiger partial charge in [-0.1, -0.05) is 10.9 Å². The molecule has 0 aliphatic heterocycles. The maximum atomic E-state index is 12.5. The lowest BCUT2D eigenvalue weighted by atomic mass is 9.84. The van der Waals surface area contributed by atoms with Crippen LogP contribution in [0.1, 0.15) is 43.0 Å². The Bertz CT molecular complexity index is 732. The monoisotopic (exact) mass is 366 g/mol. The molecule has 0 heterocycles. The minimum Gasteiger partial charge on any atom is -0.349 e. The van der Waals surface area contributed by atoms with Crippen LogP contribution in [0.3, 0.4) is 0 Å². The SMILES string of the molecule is CON(C)S(=O)(=O)c1ccc(C(=O)NC(C)C2CC3CCC2C3)cc1. The number of hydrogen-bond acceptors (Lipinski definition) is 4. The van der Waals surface area contributed by atoms with Gasteiger partial charge < -0.3 is 5.32 Å². The van der Waals surface area contributed by atoms with Crippen LogP contribution >= 0.6 is 0 Å². The molecule has 2 aliphatic rings. The lowest BCUT2D eigenvalue weighted by molar-refractivity contribution is -0.0258. The Kier molecular flexibility index (Phi) is 5.18. The summed E-state index contributed by atoms with van der Waals surface area (Å²) in [6.07, 6.45) is 5.15. The van der Waals surface area contributed by atoms with Crippen molar-refractivity contribution in [3.8, 4) is 0 Å². The van der Waals surface area contributed by atoms with Crippen molar-refractivity contribution in [3.05, 3.63) is 29.8 Å². The quantitative estimate of drug-likeness (QED) is 0.785. The fourth-order valence-electron chi connectivity index (χ4n) is 4.33. The Morgan fingerprint density at radius 1 is 1.24 bits per heavy atom.